The molecule has 112 valence electrons. The largest absolute Gasteiger partial charge is 0.370 e. The molecule has 2 bridgehead atoms. The molecule has 3 atom stereocenters. The van der Waals surface area contributed by atoms with Gasteiger partial charge in [0.1, 0.15) is 0 Å². The van der Waals surface area contributed by atoms with Crippen molar-refractivity contribution in [3.8, 4) is 0 Å². The lowest BCUT2D eigenvalue weighted by Crippen LogP contribution is -2.46. The molecule has 2 fully saturated rings. The van der Waals surface area contributed by atoms with Gasteiger partial charge in [0, 0.05) is 6.54 Å². The van der Waals surface area contributed by atoms with Crippen LogP contribution in [0.4, 0.5) is 0 Å². The van der Waals surface area contributed by atoms with Gasteiger partial charge >= 0.3 is 0 Å². The Kier molecular flexibility index (Phi) is 4.06. The van der Waals surface area contributed by atoms with Gasteiger partial charge in [-0.25, -0.2) is 0 Å². The van der Waals surface area contributed by atoms with Gasteiger partial charge in [-0.15, -0.1) is 0 Å². The first-order chi connectivity index (χ1) is 8.73. The van der Waals surface area contributed by atoms with E-state index in [1.807, 2.05) is 0 Å². The SMILES string of the molecule is CCCNCC(C)(C)OC1CC2CCC1(C)C2(C)C. The summed E-state index contributed by atoms with van der Waals surface area (Å²) >= 11 is 0. The summed E-state index contributed by atoms with van der Waals surface area (Å²) in [6, 6.07) is 0. The van der Waals surface area contributed by atoms with E-state index in [9.17, 15) is 0 Å². The molecule has 0 radical (unpaired) electrons. The highest BCUT2D eigenvalue weighted by Gasteiger charge is 2.62. The molecule has 0 spiro atoms. The second-order valence-electron chi connectivity index (χ2n) is 8.15. The Labute approximate surface area is 119 Å². The van der Waals surface area contributed by atoms with Crippen LogP contribution in [0.5, 0.6) is 0 Å². The van der Waals surface area contributed by atoms with Crippen molar-refractivity contribution < 1.29 is 4.74 Å². The Bertz CT molecular complexity index is 323. The molecule has 0 aromatic carbocycles. The average Bonchev–Trinajstić information content (AvgIpc) is 2.62. The fraction of sp³-hybridized carbons (Fsp3) is 1.00. The summed E-state index contributed by atoms with van der Waals surface area (Å²) < 4.78 is 6.56. The van der Waals surface area contributed by atoms with Crippen LogP contribution in [0.15, 0.2) is 0 Å². The van der Waals surface area contributed by atoms with Gasteiger partial charge < -0.3 is 10.1 Å². The molecule has 2 nitrogen and oxygen atoms in total. The molecule has 0 aromatic heterocycles. The first-order valence-electron chi connectivity index (χ1n) is 8.11. The van der Waals surface area contributed by atoms with Gasteiger partial charge in [0.05, 0.1) is 11.7 Å². The third-order valence-corrected chi connectivity index (χ3v) is 6.15. The zero-order valence-corrected chi connectivity index (χ0v) is 13.8. The highest BCUT2D eigenvalue weighted by molar-refractivity contribution is 5.11. The summed E-state index contributed by atoms with van der Waals surface area (Å²) in [5.74, 6) is 0.863. The van der Waals surface area contributed by atoms with Crippen molar-refractivity contribution >= 4 is 0 Å². The van der Waals surface area contributed by atoms with Crippen LogP contribution in [-0.2, 0) is 4.74 Å². The molecule has 0 aliphatic heterocycles. The van der Waals surface area contributed by atoms with E-state index >= 15 is 0 Å². The van der Waals surface area contributed by atoms with Crippen molar-refractivity contribution in [3.05, 3.63) is 0 Å². The number of rotatable bonds is 6. The second-order valence-corrected chi connectivity index (χ2v) is 8.15. The third-order valence-electron chi connectivity index (χ3n) is 6.15. The van der Waals surface area contributed by atoms with Crippen LogP contribution < -0.4 is 5.32 Å². The van der Waals surface area contributed by atoms with Gasteiger partial charge in [-0.1, -0.05) is 27.7 Å². The molecule has 2 saturated carbocycles. The summed E-state index contributed by atoms with van der Waals surface area (Å²) in [6.45, 7) is 16.1. The zero-order chi connectivity index (χ0) is 14.3. The molecule has 0 amide bonds. The normalized spacial score (nSPS) is 36.9. The molecule has 2 rings (SSSR count). The average molecular weight is 267 g/mol. The van der Waals surface area contributed by atoms with E-state index in [0.29, 0.717) is 16.9 Å². The van der Waals surface area contributed by atoms with Gasteiger partial charge in [-0.05, 0) is 62.8 Å². The van der Waals surface area contributed by atoms with Gasteiger partial charge in [0.25, 0.3) is 0 Å². The van der Waals surface area contributed by atoms with Crippen molar-refractivity contribution in [1.82, 2.24) is 5.32 Å². The maximum atomic E-state index is 6.56. The minimum absolute atomic E-state index is 0.0522. The number of fused-ring (bicyclic) bond motifs is 2. The minimum Gasteiger partial charge on any atom is -0.370 e. The van der Waals surface area contributed by atoms with Crippen LogP contribution in [0.3, 0.4) is 0 Å². The van der Waals surface area contributed by atoms with Crippen molar-refractivity contribution in [2.24, 2.45) is 16.7 Å². The number of hydrogen-bond donors (Lipinski definition) is 1. The Morgan fingerprint density at radius 3 is 2.42 bits per heavy atom. The highest BCUT2D eigenvalue weighted by Crippen LogP contribution is 2.66. The minimum atomic E-state index is -0.0522. The van der Waals surface area contributed by atoms with Crippen LogP contribution in [0.2, 0.25) is 0 Å². The lowest BCUT2D eigenvalue weighted by molar-refractivity contribution is -0.126. The molecular weight excluding hydrogens is 234 g/mol. The topological polar surface area (TPSA) is 21.3 Å². The Morgan fingerprint density at radius 1 is 1.26 bits per heavy atom. The lowest BCUT2D eigenvalue weighted by Gasteiger charge is -2.42. The second kappa shape index (κ2) is 5.04. The van der Waals surface area contributed by atoms with Crippen LogP contribution in [0.1, 0.15) is 67.2 Å². The fourth-order valence-electron chi connectivity index (χ4n) is 4.30. The monoisotopic (exact) mass is 267 g/mol. The van der Waals surface area contributed by atoms with Crippen LogP contribution in [0.25, 0.3) is 0 Å². The molecule has 0 saturated heterocycles. The molecule has 2 aliphatic carbocycles. The predicted octanol–water partition coefficient (Wildman–Crippen LogP) is 4.00. The maximum Gasteiger partial charge on any atom is 0.0754 e. The van der Waals surface area contributed by atoms with E-state index in [1.165, 1.54) is 25.7 Å². The first kappa shape index (κ1) is 15.3. The smallest absolute Gasteiger partial charge is 0.0754 e. The van der Waals surface area contributed by atoms with Crippen molar-refractivity contribution in [2.45, 2.75) is 78.9 Å². The van der Waals surface area contributed by atoms with E-state index < -0.39 is 0 Å². The number of nitrogens with one attached hydrogen (secondary N) is 1. The Hall–Kier alpha value is -0.0800. The summed E-state index contributed by atoms with van der Waals surface area (Å²) in [4.78, 5) is 0. The summed E-state index contributed by atoms with van der Waals surface area (Å²) in [5, 5.41) is 3.50. The van der Waals surface area contributed by atoms with Crippen LogP contribution >= 0.6 is 0 Å². The van der Waals surface area contributed by atoms with Gasteiger partial charge in [0.15, 0.2) is 0 Å². The number of ether oxygens (including phenoxy) is 1. The molecular formula is C17H33NO. The summed E-state index contributed by atoms with van der Waals surface area (Å²) in [5.41, 5.74) is 0.772. The van der Waals surface area contributed by atoms with Gasteiger partial charge in [-0.3, -0.25) is 0 Å². The van der Waals surface area contributed by atoms with E-state index in [4.69, 9.17) is 4.74 Å². The van der Waals surface area contributed by atoms with Crippen molar-refractivity contribution in [3.63, 3.8) is 0 Å². The number of hydrogen-bond acceptors (Lipinski definition) is 2. The van der Waals surface area contributed by atoms with Crippen LogP contribution in [-0.4, -0.2) is 24.8 Å². The molecule has 2 heteroatoms. The standard InChI is InChI=1S/C17H33NO/c1-7-10-18-12-15(2,3)19-14-11-13-8-9-17(14,6)16(13,4)5/h13-14,18H,7-12H2,1-6H3. The maximum absolute atomic E-state index is 6.56. The first-order valence-corrected chi connectivity index (χ1v) is 8.11. The van der Waals surface area contributed by atoms with E-state index in [2.05, 4.69) is 46.9 Å². The van der Waals surface area contributed by atoms with E-state index in [1.54, 1.807) is 0 Å². The molecule has 1 N–H and O–H groups in total. The molecule has 3 unspecified atom stereocenters. The third kappa shape index (κ3) is 2.58. The Balaban J connectivity index is 1.97. The highest BCUT2D eigenvalue weighted by atomic mass is 16.5. The molecule has 19 heavy (non-hydrogen) atoms. The Morgan fingerprint density at radius 2 is 1.95 bits per heavy atom. The molecule has 0 heterocycles. The van der Waals surface area contributed by atoms with Crippen LogP contribution in [0, 0.1) is 16.7 Å². The quantitative estimate of drug-likeness (QED) is 0.735. The van der Waals surface area contributed by atoms with Crippen molar-refractivity contribution in [2.75, 3.05) is 13.1 Å². The van der Waals surface area contributed by atoms with Crippen molar-refractivity contribution in [1.29, 1.82) is 0 Å². The zero-order valence-electron chi connectivity index (χ0n) is 13.8. The summed E-state index contributed by atoms with van der Waals surface area (Å²) in [6.07, 6.45) is 5.64. The molecule has 0 aromatic rings. The van der Waals surface area contributed by atoms with E-state index in [0.717, 1.165) is 19.0 Å². The molecule has 2 aliphatic rings. The van der Waals surface area contributed by atoms with Gasteiger partial charge in [-0.2, -0.15) is 0 Å². The lowest BCUT2D eigenvalue weighted by atomic mass is 9.70. The van der Waals surface area contributed by atoms with Gasteiger partial charge in [0.2, 0.25) is 0 Å². The van der Waals surface area contributed by atoms with E-state index in [-0.39, 0.29) is 5.60 Å². The summed E-state index contributed by atoms with van der Waals surface area (Å²) in [7, 11) is 0. The predicted molar refractivity (Wildman–Crippen MR) is 81.3 cm³/mol. The fourth-order valence-corrected chi connectivity index (χ4v) is 4.30.